The molecule has 3 rings (SSSR count). The number of para-hydroxylation sites is 1. The molecule has 3 nitrogen and oxygen atoms in total. The first-order valence-corrected chi connectivity index (χ1v) is 7.94. The molecule has 0 spiro atoms. The predicted octanol–water partition coefficient (Wildman–Crippen LogP) is 4.90. The van der Waals surface area contributed by atoms with Crippen molar-refractivity contribution in [3.05, 3.63) is 54.6 Å². The maximum absolute atomic E-state index is 4.75. The second-order valence-electron chi connectivity index (χ2n) is 5.41. The van der Waals surface area contributed by atoms with E-state index in [-0.39, 0.29) is 0 Å². The van der Waals surface area contributed by atoms with Crippen molar-refractivity contribution in [3.8, 4) is 11.4 Å². The number of nitrogens with one attached hydrogen (secondary N) is 1. The molecule has 1 heterocycles. The van der Waals surface area contributed by atoms with Crippen LogP contribution in [0, 0.1) is 0 Å². The topological polar surface area (TPSA) is 37.8 Å². The van der Waals surface area contributed by atoms with E-state index < -0.39 is 0 Å². The quantitative estimate of drug-likeness (QED) is 0.656. The van der Waals surface area contributed by atoms with Crippen molar-refractivity contribution < 1.29 is 0 Å². The van der Waals surface area contributed by atoms with Gasteiger partial charge in [-0.15, -0.1) is 0 Å². The average Bonchev–Trinajstić information content (AvgIpc) is 2.59. The highest BCUT2D eigenvalue weighted by molar-refractivity contribution is 5.90. The lowest BCUT2D eigenvalue weighted by Crippen LogP contribution is -2.05. The Labute approximate surface area is 131 Å². The van der Waals surface area contributed by atoms with Gasteiger partial charge in [-0.25, -0.2) is 9.97 Å². The van der Waals surface area contributed by atoms with E-state index in [4.69, 9.17) is 9.97 Å². The van der Waals surface area contributed by atoms with Crippen molar-refractivity contribution in [1.29, 1.82) is 0 Å². The highest BCUT2D eigenvalue weighted by Gasteiger charge is 2.08. The molecule has 0 aliphatic heterocycles. The number of aromatic nitrogens is 2. The SMILES string of the molecule is CCCCCNc1nc(-c2ccccc2)nc2ccccc12. The van der Waals surface area contributed by atoms with Gasteiger partial charge in [0.15, 0.2) is 5.82 Å². The van der Waals surface area contributed by atoms with Gasteiger partial charge in [0, 0.05) is 17.5 Å². The van der Waals surface area contributed by atoms with Crippen LogP contribution < -0.4 is 5.32 Å². The number of hydrogen-bond donors (Lipinski definition) is 1. The van der Waals surface area contributed by atoms with Crippen molar-refractivity contribution in [2.75, 3.05) is 11.9 Å². The lowest BCUT2D eigenvalue weighted by Gasteiger charge is -2.10. The summed E-state index contributed by atoms with van der Waals surface area (Å²) in [4.78, 5) is 9.45. The standard InChI is InChI=1S/C19H21N3/c1-2-3-9-14-20-19-16-12-7-8-13-17(16)21-18(22-19)15-10-5-4-6-11-15/h4-8,10-13H,2-3,9,14H2,1H3,(H,20,21,22). The largest absolute Gasteiger partial charge is 0.369 e. The van der Waals surface area contributed by atoms with Crippen LogP contribution in [-0.4, -0.2) is 16.5 Å². The van der Waals surface area contributed by atoms with Gasteiger partial charge in [-0.05, 0) is 18.6 Å². The maximum atomic E-state index is 4.75. The summed E-state index contributed by atoms with van der Waals surface area (Å²) in [7, 11) is 0. The van der Waals surface area contributed by atoms with Gasteiger partial charge < -0.3 is 5.32 Å². The molecule has 0 bridgehead atoms. The monoisotopic (exact) mass is 291 g/mol. The van der Waals surface area contributed by atoms with Crippen LogP contribution in [-0.2, 0) is 0 Å². The van der Waals surface area contributed by atoms with E-state index in [1.807, 2.05) is 48.5 Å². The molecule has 1 N–H and O–H groups in total. The van der Waals surface area contributed by atoms with E-state index in [1.165, 1.54) is 12.8 Å². The fourth-order valence-electron chi connectivity index (χ4n) is 2.51. The Balaban J connectivity index is 1.97. The number of anilines is 1. The number of nitrogens with zero attached hydrogens (tertiary/aromatic N) is 2. The first kappa shape index (κ1) is 14.5. The zero-order valence-corrected chi connectivity index (χ0v) is 12.9. The van der Waals surface area contributed by atoms with Crippen LogP contribution in [0.25, 0.3) is 22.3 Å². The first-order valence-electron chi connectivity index (χ1n) is 7.94. The third-order valence-corrected chi connectivity index (χ3v) is 3.71. The predicted molar refractivity (Wildman–Crippen MR) is 93.0 cm³/mol. The van der Waals surface area contributed by atoms with Crippen LogP contribution in [0.4, 0.5) is 5.82 Å². The van der Waals surface area contributed by atoms with Crippen LogP contribution in [0.2, 0.25) is 0 Å². The van der Waals surface area contributed by atoms with Crippen LogP contribution in [0.1, 0.15) is 26.2 Å². The van der Waals surface area contributed by atoms with Gasteiger partial charge in [-0.3, -0.25) is 0 Å². The second-order valence-corrected chi connectivity index (χ2v) is 5.41. The highest BCUT2D eigenvalue weighted by atomic mass is 15.0. The van der Waals surface area contributed by atoms with Gasteiger partial charge in [0.05, 0.1) is 5.52 Å². The zero-order valence-electron chi connectivity index (χ0n) is 12.9. The van der Waals surface area contributed by atoms with E-state index in [2.05, 4.69) is 18.3 Å². The molecule has 0 saturated heterocycles. The zero-order chi connectivity index (χ0) is 15.2. The second kappa shape index (κ2) is 7.03. The Kier molecular flexibility index (Phi) is 4.64. The fraction of sp³-hybridized carbons (Fsp3) is 0.263. The Morgan fingerprint density at radius 2 is 1.64 bits per heavy atom. The van der Waals surface area contributed by atoms with Gasteiger partial charge in [0.1, 0.15) is 5.82 Å². The molecule has 2 aromatic carbocycles. The molecule has 0 saturated carbocycles. The van der Waals surface area contributed by atoms with E-state index in [9.17, 15) is 0 Å². The Morgan fingerprint density at radius 3 is 2.45 bits per heavy atom. The number of fused-ring (bicyclic) bond motifs is 1. The molecule has 0 unspecified atom stereocenters. The molecule has 22 heavy (non-hydrogen) atoms. The molecule has 0 amide bonds. The minimum Gasteiger partial charge on any atom is -0.369 e. The number of benzene rings is 2. The van der Waals surface area contributed by atoms with Gasteiger partial charge in [0.25, 0.3) is 0 Å². The first-order chi connectivity index (χ1) is 10.9. The molecular weight excluding hydrogens is 270 g/mol. The van der Waals surface area contributed by atoms with Gasteiger partial charge in [-0.2, -0.15) is 0 Å². The van der Waals surface area contributed by atoms with E-state index in [1.54, 1.807) is 0 Å². The summed E-state index contributed by atoms with van der Waals surface area (Å²) in [5, 5.41) is 4.56. The van der Waals surface area contributed by atoms with Crippen molar-refractivity contribution in [2.45, 2.75) is 26.2 Å². The van der Waals surface area contributed by atoms with E-state index >= 15 is 0 Å². The fourth-order valence-corrected chi connectivity index (χ4v) is 2.51. The molecule has 3 aromatic rings. The van der Waals surface area contributed by atoms with Crippen LogP contribution >= 0.6 is 0 Å². The Hall–Kier alpha value is -2.42. The summed E-state index contributed by atoms with van der Waals surface area (Å²) in [6.45, 7) is 3.16. The minimum absolute atomic E-state index is 0.775. The lowest BCUT2D eigenvalue weighted by molar-refractivity contribution is 0.743. The molecule has 0 fully saturated rings. The molecule has 1 aromatic heterocycles. The third-order valence-electron chi connectivity index (χ3n) is 3.71. The van der Waals surface area contributed by atoms with E-state index in [0.29, 0.717) is 0 Å². The van der Waals surface area contributed by atoms with Crippen LogP contribution in [0.3, 0.4) is 0 Å². The number of rotatable bonds is 6. The summed E-state index contributed by atoms with van der Waals surface area (Å²) in [5.41, 5.74) is 2.03. The summed E-state index contributed by atoms with van der Waals surface area (Å²) in [6, 6.07) is 18.3. The summed E-state index contributed by atoms with van der Waals surface area (Å²) in [6.07, 6.45) is 3.62. The molecule has 0 aliphatic rings. The third kappa shape index (κ3) is 3.25. The average molecular weight is 291 g/mol. The normalized spacial score (nSPS) is 10.8. The maximum Gasteiger partial charge on any atom is 0.162 e. The molecule has 0 radical (unpaired) electrons. The highest BCUT2D eigenvalue weighted by Crippen LogP contribution is 2.24. The molecule has 3 heteroatoms. The summed E-state index contributed by atoms with van der Waals surface area (Å²) < 4.78 is 0. The number of hydrogen-bond acceptors (Lipinski definition) is 3. The minimum atomic E-state index is 0.775. The molecule has 112 valence electrons. The Morgan fingerprint density at radius 1 is 0.864 bits per heavy atom. The summed E-state index contributed by atoms with van der Waals surface area (Å²) >= 11 is 0. The van der Waals surface area contributed by atoms with Crippen LogP contribution in [0.5, 0.6) is 0 Å². The van der Waals surface area contributed by atoms with Crippen molar-refractivity contribution in [2.24, 2.45) is 0 Å². The summed E-state index contributed by atoms with van der Waals surface area (Å²) in [5.74, 6) is 1.71. The van der Waals surface area contributed by atoms with Gasteiger partial charge in [-0.1, -0.05) is 62.2 Å². The van der Waals surface area contributed by atoms with Crippen molar-refractivity contribution in [1.82, 2.24) is 9.97 Å². The number of unbranched alkanes of at least 4 members (excludes halogenated alkanes) is 2. The smallest absolute Gasteiger partial charge is 0.162 e. The van der Waals surface area contributed by atoms with Crippen LogP contribution in [0.15, 0.2) is 54.6 Å². The van der Waals surface area contributed by atoms with Crippen molar-refractivity contribution >= 4 is 16.7 Å². The van der Waals surface area contributed by atoms with Gasteiger partial charge >= 0.3 is 0 Å². The molecule has 0 atom stereocenters. The van der Waals surface area contributed by atoms with Gasteiger partial charge in [0.2, 0.25) is 0 Å². The van der Waals surface area contributed by atoms with E-state index in [0.717, 1.165) is 41.1 Å². The molecule has 0 aliphatic carbocycles. The molecular formula is C19H21N3. The van der Waals surface area contributed by atoms with Crippen molar-refractivity contribution in [3.63, 3.8) is 0 Å². The Bertz CT molecular complexity index is 738. The lowest BCUT2D eigenvalue weighted by atomic mass is 10.2.